The second-order valence-corrected chi connectivity index (χ2v) is 4.24. The molecule has 0 atom stereocenters. The fraction of sp³-hybridized carbons (Fsp3) is 0.364. The van der Waals surface area contributed by atoms with E-state index in [4.69, 9.17) is 0 Å². The quantitative estimate of drug-likeness (QED) is 0.452. The number of rotatable bonds is 5. The van der Waals surface area contributed by atoms with E-state index >= 15 is 0 Å². The van der Waals surface area contributed by atoms with E-state index < -0.39 is 35.4 Å². The van der Waals surface area contributed by atoms with Crippen LogP contribution < -0.4 is 4.74 Å². The summed E-state index contributed by atoms with van der Waals surface area (Å²) in [6.45, 7) is -3.17. The van der Waals surface area contributed by atoms with Crippen molar-refractivity contribution in [3.63, 3.8) is 0 Å². The number of benzene rings is 1. The highest BCUT2D eigenvalue weighted by Gasteiger charge is 2.35. The molecule has 0 bridgehead atoms. The van der Waals surface area contributed by atoms with Gasteiger partial charge in [0.05, 0.1) is 5.56 Å². The van der Waals surface area contributed by atoms with Gasteiger partial charge in [0.1, 0.15) is 5.75 Å². The van der Waals surface area contributed by atoms with Crippen LogP contribution in [0.25, 0.3) is 0 Å². The highest BCUT2D eigenvalue weighted by atomic mass is 79.9. The molecule has 0 fully saturated rings. The van der Waals surface area contributed by atoms with Gasteiger partial charge in [0.15, 0.2) is 5.78 Å². The van der Waals surface area contributed by atoms with Crippen LogP contribution in [-0.2, 0) is 6.18 Å². The van der Waals surface area contributed by atoms with Crippen molar-refractivity contribution in [3.8, 4) is 5.75 Å². The van der Waals surface area contributed by atoms with Gasteiger partial charge in [-0.05, 0) is 18.2 Å². The van der Waals surface area contributed by atoms with Gasteiger partial charge < -0.3 is 4.74 Å². The summed E-state index contributed by atoms with van der Waals surface area (Å²) >= 11 is 2.93. The van der Waals surface area contributed by atoms with Crippen molar-refractivity contribution in [1.29, 1.82) is 0 Å². The van der Waals surface area contributed by atoms with Gasteiger partial charge in [0, 0.05) is 17.3 Å². The third-order valence-corrected chi connectivity index (χ3v) is 2.54. The Morgan fingerprint density at radius 3 is 2.42 bits per heavy atom. The summed E-state index contributed by atoms with van der Waals surface area (Å²) in [6, 6.07) is 1.99. The standard InChI is InChI=1S/C11H8BrF5O2/c12-4-3-9(18)7-5-6(19-10(13)14)1-2-8(7)11(15,16)17/h1-2,5,10H,3-4H2. The molecule has 8 heteroatoms. The summed E-state index contributed by atoms with van der Waals surface area (Å²) in [5.74, 6) is -1.29. The van der Waals surface area contributed by atoms with Gasteiger partial charge in [-0.1, -0.05) is 15.9 Å². The largest absolute Gasteiger partial charge is 0.435 e. The van der Waals surface area contributed by atoms with Gasteiger partial charge in [0.25, 0.3) is 0 Å². The Balaban J connectivity index is 3.22. The van der Waals surface area contributed by atoms with E-state index in [1.54, 1.807) is 0 Å². The summed E-state index contributed by atoms with van der Waals surface area (Å²) < 4.78 is 66.1. The molecule has 0 heterocycles. The van der Waals surface area contributed by atoms with Gasteiger partial charge in [-0.15, -0.1) is 0 Å². The Morgan fingerprint density at radius 1 is 1.32 bits per heavy atom. The molecule has 0 saturated carbocycles. The maximum atomic E-state index is 12.7. The number of carbonyl (C=O) groups is 1. The van der Waals surface area contributed by atoms with Crippen LogP contribution in [0.2, 0.25) is 0 Å². The minimum Gasteiger partial charge on any atom is -0.435 e. The Kier molecular flexibility index (Phi) is 5.28. The molecule has 2 nitrogen and oxygen atoms in total. The predicted molar refractivity (Wildman–Crippen MR) is 60.8 cm³/mol. The second kappa shape index (κ2) is 6.31. The first-order chi connectivity index (χ1) is 8.75. The average Bonchev–Trinajstić information content (AvgIpc) is 2.26. The van der Waals surface area contributed by atoms with Crippen LogP contribution in [0.3, 0.4) is 0 Å². The lowest BCUT2D eigenvalue weighted by Gasteiger charge is -2.13. The summed E-state index contributed by atoms with van der Waals surface area (Å²) in [5.41, 5.74) is -1.84. The van der Waals surface area contributed by atoms with Crippen LogP contribution in [0.4, 0.5) is 22.0 Å². The number of hydrogen-bond acceptors (Lipinski definition) is 2. The number of ketones is 1. The maximum Gasteiger partial charge on any atom is 0.417 e. The summed E-state index contributed by atoms with van der Waals surface area (Å²) in [4.78, 5) is 11.6. The lowest BCUT2D eigenvalue weighted by molar-refractivity contribution is -0.137. The third kappa shape index (κ3) is 4.45. The molecule has 0 aliphatic heterocycles. The van der Waals surface area contributed by atoms with E-state index in [2.05, 4.69) is 20.7 Å². The van der Waals surface area contributed by atoms with Gasteiger partial charge >= 0.3 is 12.8 Å². The van der Waals surface area contributed by atoms with Crippen LogP contribution in [0.5, 0.6) is 5.75 Å². The van der Waals surface area contributed by atoms with Crippen molar-refractivity contribution >= 4 is 21.7 Å². The molecule has 0 amide bonds. The topological polar surface area (TPSA) is 26.3 Å². The minimum atomic E-state index is -4.74. The summed E-state index contributed by atoms with van der Waals surface area (Å²) in [7, 11) is 0. The van der Waals surface area contributed by atoms with E-state index in [9.17, 15) is 26.7 Å². The molecule has 106 valence electrons. The molecular weight excluding hydrogens is 339 g/mol. The van der Waals surface area contributed by atoms with Gasteiger partial charge in [-0.25, -0.2) is 0 Å². The summed E-state index contributed by atoms with van der Waals surface area (Å²) in [6.07, 6.45) is -4.91. The van der Waals surface area contributed by atoms with E-state index in [1.165, 1.54) is 0 Å². The zero-order chi connectivity index (χ0) is 14.6. The Bertz CT molecular complexity index is 459. The first kappa shape index (κ1) is 15.9. The van der Waals surface area contributed by atoms with Crippen molar-refractivity contribution in [3.05, 3.63) is 29.3 Å². The zero-order valence-corrected chi connectivity index (χ0v) is 10.9. The van der Waals surface area contributed by atoms with E-state index in [0.29, 0.717) is 12.1 Å². The fourth-order valence-electron chi connectivity index (χ4n) is 1.40. The van der Waals surface area contributed by atoms with Crippen molar-refractivity contribution < 1.29 is 31.5 Å². The SMILES string of the molecule is O=C(CCBr)c1cc(OC(F)F)ccc1C(F)(F)F. The molecule has 0 unspecified atom stereocenters. The molecule has 1 rings (SSSR count). The fourth-order valence-corrected chi connectivity index (χ4v) is 1.76. The number of carbonyl (C=O) groups excluding carboxylic acids is 1. The normalized spacial score (nSPS) is 11.7. The van der Waals surface area contributed by atoms with Crippen LogP contribution >= 0.6 is 15.9 Å². The highest BCUT2D eigenvalue weighted by Crippen LogP contribution is 2.34. The molecule has 0 aromatic heterocycles. The van der Waals surface area contributed by atoms with Crippen LogP contribution in [0.1, 0.15) is 22.3 Å². The molecule has 1 aromatic carbocycles. The molecular formula is C11H8BrF5O2. The van der Waals surface area contributed by atoms with E-state index in [1.807, 2.05) is 0 Å². The molecule has 1 aromatic rings. The Hall–Kier alpha value is -1.18. The predicted octanol–water partition coefficient (Wildman–Crippen LogP) is 4.27. The average molecular weight is 347 g/mol. The van der Waals surface area contributed by atoms with Crippen molar-refractivity contribution in [1.82, 2.24) is 0 Å². The van der Waals surface area contributed by atoms with Crippen molar-refractivity contribution in [2.45, 2.75) is 19.2 Å². The van der Waals surface area contributed by atoms with Gasteiger partial charge in [-0.3, -0.25) is 4.79 Å². The van der Waals surface area contributed by atoms with Crippen LogP contribution in [0, 0.1) is 0 Å². The summed E-state index contributed by atoms with van der Waals surface area (Å²) in [5, 5.41) is 0.170. The van der Waals surface area contributed by atoms with Gasteiger partial charge in [0.2, 0.25) is 0 Å². The smallest absolute Gasteiger partial charge is 0.417 e. The molecule has 0 aliphatic rings. The van der Waals surface area contributed by atoms with Crippen molar-refractivity contribution in [2.75, 3.05) is 5.33 Å². The molecule has 19 heavy (non-hydrogen) atoms. The number of Topliss-reactive ketones (excluding diaryl/α,β-unsaturated/α-hetero) is 1. The molecule has 0 aliphatic carbocycles. The Morgan fingerprint density at radius 2 is 1.95 bits per heavy atom. The number of halogens is 6. The number of ether oxygens (including phenoxy) is 1. The highest BCUT2D eigenvalue weighted by molar-refractivity contribution is 9.09. The number of hydrogen-bond donors (Lipinski definition) is 0. The van der Waals surface area contributed by atoms with Gasteiger partial charge in [-0.2, -0.15) is 22.0 Å². The van der Waals surface area contributed by atoms with E-state index in [0.717, 1.165) is 6.07 Å². The van der Waals surface area contributed by atoms with E-state index in [-0.39, 0.29) is 11.8 Å². The number of alkyl halides is 6. The minimum absolute atomic E-state index is 0.170. The Labute approximate surface area is 113 Å². The second-order valence-electron chi connectivity index (χ2n) is 3.45. The monoisotopic (exact) mass is 346 g/mol. The lowest BCUT2D eigenvalue weighted by atomic mass is 10.0. The molecule has 0 saturated heterocycles. The van der Waals surface area contributed by atoms with Crippen molar-refractivity contribution in [2.24, 2.45) is 0 Å². The van der Waals surface area contributed by atoms with Crippen LogP contribution in [0.15, 0.2) is 18.2 Å². The van der Waals surface area contributed by atoms with Crippen LogP contribution in [-0.4, -0.2) is 17.7 Å². The lowest BCUT2D eigenvalue weighted by Crippen LogP contribution is -2.14. The maximum absolute atomic E-state index is 12.7. The third-order valence-electron chi connectivity index (χ3n) is 2.14. The first-order valence-electron chi connectivity index (χ1n) is 5.01. The molecule has 0 N–H and O–H groups in total. The molecule has 0 spiro atoms. The zero-order valence-electron chi connectivity index (χ0n) is 9.31. The first-order valence-corrected chi connectivity index (χ1v) is 6.13. The molecule has 0 radical (unpaired) electrons.